The largest absolute Gasteiger partial charge is 0.368 e. The van der Waals surface area contributed by atoms with Gasteiger partial charge in [-0.05, 0) is 24.1 Å². The Labute approximate surface area is 149 Å². The average Bonchev–Trinajstić information content (AvgIpc) is 2.63. The fraction of sp³-hybridized carbons (Fsp3) is 0.316. The van der Waals surface area contributed by atoms with Gasteiger partial charge in [-0.2, -0.15) is 0 Å². The Bertz CT molecular complexity index is 628. The lowest BCUT2D eigenvalue weighted by Crippen LogP contribution is -2.53. The van der Waals surface area contributed by atoms with Crippen molar-refractivity contribution in [2.75, 3.05) is 31.1 Å². The summed E-state index contributed by atoms with van der Waals surface area (Å²) < 4.78 is 0. The van der Waals surface area contributed by atoms with Crippen molar-refractivity contribution in [1.29, 1.82) is 0 Å². The maximum Gasteiger partial charge on any atom is 0.239 e. The maximum atomic E-state index is 12.5. The standard InChI is InChI=1S/C19H23N3O.ClH/c20-18(15-16-7-3-1-4-8-16)19(23)22-13-11-21(12-14-22)17-9-5-2-6-10-17;/h1-10,18H,11-15,20H2;1H/t18-;/m1./s1. The Morgan fingerprint density at radius 1 is 0.917 bits per heavy atom. The Balaban J connectivity index is 0.00000208. The highest BCUT2D eigenvalue weighted by atomic mass is 35.5. The maximum absolute atomic E-state index is 12.5. The monoisotopic (exact) mass is 345 g/mol. The van der Waals surface area contributed by atoms with E-state index in [2.05, 4.69) is 17.0 Å². The molecule has 1 aliphatic rings. The molecule has 1 fully saturated rings. The first-order chi connectivity index (χ1) is 11.2. The molecule has 0 aromatic heterocycles. The molecule has 5 heteroatoms. The van der Waals surface area contributed by atoms with Crippen molar-refractivity contribution in [3.05, 3.63) is 66.2 Å². The van der Waals surface area contributed by atoms with Gasteiger partial charge < -0.3 is 15.5 Å². The van der Waals surface area contributed by atoms with Crippen LogP contribution in [0.3, 0.4) is 0 Å². The van der Waals surface area contributed by atoms with E-state index in [9.17, 15) is 4.79 Å². The molecule has 1 atom stereocenters. The Kier molecular flexibility index (Phi) is 6.64. The Hall–Kier alpha value is -2.04. The molecule has 2 N–H and O–H groups in total. The zero-order valence-electron chi connectivity index (χ0n) is 13.7. The molecular weight excluding hydrogens is 322 g/mol. The first-order valence-electron chi connectivity index (χ1n) is 8.12. The number of amides is 1. The van der Waals surface area contributed by atoms with Gasteiger partial charge in [0, 0.05) is 31.9 Å². The van der Waals surface area contributed by atoms with Gasteiger partial charge in [0.1, 0.15) is 0 Å². The highest BCUT2D eigenvalue weighted by Gasteiger charge is 2.25. The smallest absolute Gasteiger partial charge is 0.239 e. The molecule has 0 spiro atoms. The van der Waals surface area contributed by atoms with Crippen molar-refractivity contribution >= 4 is 24.0 Å². The van der Waals surface area contributed by atoms with E-state index >= 15 is 0 Å². The van der Waals surface area contributed by atoms with Crippen molar-refractivity contribution in [2.45, 2.75) is 12.5 Å². The summed E-state index contributed by atoms with van der Waals surface area (Å²) in [5.74, 6) is 0.0570. The number of rotatable bonds is 4. The second-order valence-corrected chi connectivity index (χ2v) is 5.94. The summed E-state index contributed by atoms with van der Waals surface area (Å²) in [6.07, 6.45) is 0.596. The van der Waals surface area contributed by atoms with E-state index in [1.54, 1.807) is 0 Å². The summed E-state index contributed by atoms with van der Waals surface area (Å²) in [4.78, 5) is 16.7. The summed E-state index contributed by atoms with van der Waals surface area (Å²) >= 11 is 0. The van der Waals surface area contributed by atoms with E-state index < -0.39 is 6.04 Å². The molecule has 128 valence electrons. The number of nitrogens with two attached hydrogens (primary N) is 1. The molecule has 1 saturated heterocycles. The van der Waals surface area contributed by atoms with Gasteiger partial charge in [-0.25, -0.2) is 0 Å². The second kappa shape index (κ2) is 8.71. The van der Waals surface area contributed by atoms with Crippen LogP contribution in [0.25, 0.3) is 0 Å². The molecule has 24 heavy (non-hydrogen) atoms. The van der Waals surface area contributed by atoms with E-state index in [-0.39, 0.29) is 18.3 Å². The number of piperazine rings is 1. The minimum atomic E-state index is -0.458. The molecule has 1 heterocycles. The summed E-state index contributed by atoms with van der Waals surface area (Å²) in [5.41, 5.74) is 8.44. The fourth-order valence-electron chi connectivity index (χ4n) is 3.01. The lowest BCUT2D eigenvalue weighted by Gasteiger charge is -2.37. The van der Waals surface area contributed by atoms with Gasteiger partial charge in [-0.1, -0.05) is 48.5 Å². The Morgan fingerprint density at radius 2 is 1.46 bits per heavy atom. The second-order valence-electron chi connectivity index (χ2n) is 5.94. The number of nitrogens with zero attached hydrogens (tertiary/aromatic N) is 2. The minimum Gasteiger partial charge on any atom is -0.368 e. The molecule has 1 aliphatic heterocycles. The van der Waals surface area contributed by atoms with Gasteiger partial charge in [-0.3, -0.25) is 4.79 Å². The molecule has 2 aromatic carbocycles. The van der Waals surface area contributed by atoms with Crippen LogP contribution in [0.1, 0.15) is 5.56 Å². The number of hydrogen-bond donors (Lipinski definition) is 1. The SMILES string of the molecule is Cl.N[C@H](Cc1ccccc1)C(=O)N1CCN(c2ccccc2)CC1. The molecular formula is C19H24ClN3O. The normalized spacial score (nSPS) is 15.5. The van der Waals surface area contributed by atoms with Crippen LogP contribution < -0.4 is 10.6 Å². The number of halogens is 1. The van der Waals surface area contributed by atoms with Crippen LogP contribution >= 0.6 is 12.4 Å². The van der Waals surface area contributed by atoms with Crippen LogP contribution in [-0.2, 0) is 11.2 Å². The predicted octanol–water partition coefficient (Wildman–Crippen LogP) is 2.33. The highest BCUT2D eigenvalue weighted by Crippen LogP contribution is 2.16. The third kappa shape index (κ3) is 4.49. The first kappa shape index (κ1) is 18.3. The topological polar surface area (TPSA) is 49.6 Å². The molecule has 0 bridgehead atoms. The molecule has 4 nitrogen and oxygen atoms in total. The summed E-state index contributed by atoms with van der Waals surface area (Å²) in [6.45, 7) is 3.17. The molecule has 2 aromatic rings. The molecule has 1 amide bonds. The van der Waals surface area contributed by atoms with Crippen LogP contribution in [0, 0.1) is 0 Å². The molecule has 0 radical (unpaired) electrons. The fourth-order valence-corrected chi connectivity index (χ4v) is 3.01. The van der Waals surface area contributed by atoms with Crippen LogP contribution in [-0.4, -0.2) is 43.0 Å². The van der Waals surface area contributed by atoms with Crippen LogP contribution in [0.5, 0.6) is 0 Å². The quantitative estimate of drug-likeness (QED) is 0.925. The molecule has 0 saturated carbocycles. The van der Waals surface area contributed by atoms with Gasteiger partial charge in [0.05, 0.1) is 6.04 Å². The third-order valence-electron chi connectivity index (χ3n) is 4.33. The van der Waals surface area contributed by atoms with Crippen molar-refractivity contribution in [1.82, 2.24) is 4.90 Å². The van der Waals surface area contributed by atoms with E-state index in [1.165, 1.54) is 5.69 Å². The highest BCUT2D eigenvalue weighted by molar-refractivity contribution is 5.85. The van der Waals surface area contributed by atoms with E-state index in [0.717, 1.165) is 31.7 Å². The summed E-state index contributed by atoms with van der Waals surface area (Å²) in [7, 11) is 0. The number of para-hydroxylation sites is 1. The van der Waals surface area contributed by atoms with Gasteiger partial charge >= 0.3 is 0 Å². The molecule has 0 unspecified atom stereocenters. The lowest BCUT2D eigenvalue weighted by molar-refractivity contribution is -0.132. The van der Waals surface area contributed by atoms with E-state index in [1.807, 2.05) is 53.4 Å². The summed E-state index contributed by atoms with van der Waals surface area (Å²) in [5, 5.41) is 0. The minimum absolute atomic E-state index is 0. The first-order valence-corrected chi connectivity index (χ1v) is 8.12. The van der Waals surface area contributed by atoms with Crippen molar-refractivity contribution in [3.63, 3.8) is 0 Å². The number of benzene rings is 2. The number of carbonyl (C=O) groups excluding carboxylic acids is 1. The van der Waals surface area contributed by atoms with Crippen molar-refractivity contribution < 1.29 is 4.79 Å². The predicted molar refractivity (Wildman–Crippen MR) is 101 cm³/mol. The third-order valence-corrected chi connectivity index (χ3v) is 4.33. The number of anilines is 1. The lowest BCUT2D eigenvalue weighted by atomic mass is 10.1. The van der Waals surface area contributed by atoms with Gasteiger partial charge in [0.25, 0.3) is 0 Å². The van der Waals surface area contributed by atoms with Gasteiger partial charge in [0.2, 0.25) is 5.91 Å². The molecule has 0 aliphatic carbocycles. The van der Waals surface area contributed by atoms with Crippen molar-refractivity contribution in [3.8, 4) is 0 Å². The van der Waals surface area contributed by atoms with Gasteiger partial charge in [-0.15, -0.1) is 12.4 Å². The number of carbonyl (C=O) groups is 1. The van der Waals surface area contributed by atoms with Gasteiger partial charge in [0.15, 0.2) is 0 Å². The van der Waals surface area contributed by atoms with Crippen LogP contribution in [0.2, 0.25) is 0 Å². The average molecular weight is 346 g/mol. The van der Waals surface area contributed by atoms with Crippen LogP contribution in [0.15, 0.2) is 60.7 Å². The van der Waals surface area contributed by atoms with Crippen molar-refractivity contribution in [2.24, 2.45) is 5.73 Å². The van der Waals surface area contributed by atoms with E-state index in [4.69, 9.17) is 5.73 Å². The zero-order valence-corrected chi connectivity index (χ0v) is 14.5. The Morgan fingerprint density at radius 3 is 2.04 bits per heavy atom. The molecule has 3 rings (SSSR count). The van der Waals surface area contributed by atoms with E-state index in [0.29, 0.717) is 6.42 Å². The summed E-state index contributed by atoms with van der Waals surface area (Å²) in [6, 6.07) is 19.8. The number of hydrogen-bond acceptors (Lipinski definition) is 3. The zero-order chi connectivity index (χ0) is 16.1. The van der Waals surface area contributed by atoms with Crippen LogP contribution in [0.4, 0.5) is 5.69 Å².